The number of halogens is 1. The Bertz CT molecular complexity index is 578. The third kappa shape index (κ3) is 2.77. The van der Waals surface area contributed by atoms with Gasteiger partial charge in [-0.15, -0.1) is 0 Å². The molecule has 0 unspecified atom stereocenters. The van der Waals surface area contributed by atoms with Crippen LogP contribution in [-0.2, 0) is 0 Å². The molecule has 0 amide bonds. The molecular weight excluding hydrogens is 310 g/mol. The number of hydrogen-bond donors (Lipinski definition) is 2. The van der Waals surface area contributed by atoms with Crippen LogP contribution in [0.4, 0.5) is 17.3 Å². The number of benzene rings is 1. The number of nitrogens with two attached hydrogens (primary N) is 1. The normalized spacial score (nSPS) is 10.1. The van der Waals surface area contributed by atoms with Gasteiger partial charge in [0.2, 0.25) is 0 Å². The number of nitrogens with zero attached hydrogens (tertiary/aromatic N) is 3. The number of nitrogen functional groups attached to an aromatic ring is 1. The first kappa shape index (κ1) is 13.6. The summed E-state index contributed by atoms with van der Waals surface area (Å²) in [6, 6.07) is 7.69. The zero-order chi connectivity index (χ0) is 13.8. The fraction of sp³-hybridized carbons (Fsp3) is 0.167. The van der Waals surface area contributed by atoms with Crippen molar-refractivity contribution in [3.8, 4) is 5.75 Å². The Morgan fingerprint density at radius 3 is 2.84 bits per heavy atom. The molecule has 0 aliphatic rings. The predicted molar refractivity (Wildman–Crippen MR) is 78.6 cm³/mol. The summed E-state index contributed by atoms with van der Waals surface area (Å²) in [6.45, 7) is 0. The average molecular weight is 324 g/mol. The van der Waals surface area contributed by atoms with Crippen molar-refractivity contribution in [2.75, 3.05) is 24.5 Å². The summed E-state index contributed by atoms with van der Waals surface area (Å²) >= 11 is 3.43. The number of methoxy groups -OCH3 is 1. The zero-order valence-corrected chi connectivity index (χ0v) is 12.2. The van der Waals surface area contributed by atoms with Crippen molar-refractivity contribution in [2.24, 2.45) is 5.84 Å². The van der Waals surface area contributed by atoms with Gasteiger partial charge in [-0.25, -0.2) is 15.8 Å². The molecule has 0 aliphatic heterocycles. The van der Waals surface area contributed by atoms with Crippen LogP contribution in [0.2, 0.25) is 0 Å². The summed E-state index contributed by atoms with van der Waals surface area (Å²) in [6.07, 6.45) is 1.45. The van der Waals surface area contributed by atoms with Crippen LogP contribution in [0, 0.1) is 0 Å². The van der Waals surface area contributed by atoms with Crippen molar-refractivity contribution in [3.63, 3.8) is 0 Å². The van der Waals surface area contributed by atoms with Gasteiger partial charge < -0.3 is 15.1 Å². The summed E-state index contributed by atoms with van der Waals surface area (Å²) in [5, 5.41) is 0. The monoisotopic (exact) mass is 323 g/mol. The Morgan fingerprint density at radius 2 is 2.16 bits per heavy atom. The quantitative estimate of drug-likeness (QED) is 0.664. The third-order valence-corrected chi connectivity index (χ3v) is 3.40. The number of hydrazine groups is 1. The van der Waals surface area contributed by atoms with Gasteiger partial charge in [-0.1, -0.05) is 6.07 Å². The second kappa shape index (κ2) is 5.85. The Hall–Kier alpha value is -1.86. The van der Waals surface area contributed by atoms with E-state index in [9.17, 15) is 0 Å². The maximum Gasteiger partial charge on any atom is 0.159 e. The lowest BCUT2D eigenvalue weighted by atomic mass is 10.3. The van der Waals surface area contributed by atoms with Gasteiger partial charge in [0.1, 0.15) is 16.5 Å². The zero-order valence-electron chi connectivity index (χ0n) is 10.6. The molecule has 0 saturated carbocycles. The topological polar surface area (TPSA) is 76.3 Å². The van der Waals surface area contributed by atoms with Crippen LogP contribution in [0.3, 0.4) is 0 Å². The molecule has 2 aromatic rings. The lowest BCUT2D eigenvalue weighted by Gasteiger charge is -2.20. The van der Waals surface area contributed by atoms with Gasteiger partial charge in [0.05, 0.1) is 7.11 Å². The molecule has 2 rings (SSSR count). The maximum absolute atomic E-state index is 5.40. The molecule has 0 saturated heterocycles. The van der Waals surface area contributed by atoms with E-state index in [1.807, 2.05) is 36.2 Å². The lowest BCUT2D eigenvalue weighted by molar-refractivity contribution is 0.415. The van der Waals surface area contributed by atoms with E-state index >= 15 is 0 Å². The lowest BCUT2D eigenvalue weighted by Crippen LogP contribution is -2.15. The molecule has 0 fully saturated rings. The minimum absolute atomic E-state index is 0.528. The molecule has 0 radical (unpaired) electrons. The molecule has 7 heteroatoms. The first-order valence-corrected chi connectivity index (χ1v) is 6.31. The summed E-state index contributed by atoms with van der Waals surface area (Å²) in [7, 11) is 3.54. The summed E-state index contributed by atoms with van der Waals surface area (Å²) in [5.74, 6) is 7.41. The van der Waals surface area contributed by atoms with Crippen molar-refractivity contribution in [2.45, 2.75) is 0 Å². The molecule has 19 heavy (non-hydrogen) atoms. The highest BCUT2D eigenvalue weighted by atomic mass is 79.9. The Kier molecular flexibility index (Phi) is 4.18. The van der Waals surface area contributed by atoms with Crippen LogP contribution < -0.4 is 20.9 Å². The molecule has 1 heterocycles. The second-order valence-electron chi connectivity index (χ2n) is 3.76. The first-order chi connectivity index (χ1) is 9.17. The summed E-state index contributed by atoms with van der Waals surface area (Å²) < 4.78 is 5.91. The van der Waals surface area contributed by atoms with E-state index in [1.54, 1.807) is 7.11 Å². The SMILES string of the molecule is COc1cccc(N(C)c2ncnc(NN)c2Br)c1. The van der Waals surface area contributed by atoms with E-state index in [0.717, 1.165) is 11.4 Å². The smallest absolute Gasteiger partial charge is 0.159 e. The van der Waals surface area contributed by atoms with E-state index < -0.39 is 0 Å². The van der Waals surface area contributed by atoms with Gasteiger partial charge in [0.15, 0.2) is 11.6 Å². The minimum Gasteiger partial charge on any atom is -0.497 e. The van der Waals surface area contributed by atoms with Crippen LogP contribution >= 0.6 is 15.9 Å². The standard InChI is InChI=1S/C12H14BrN5O/c1-18(8-4-3-5-9(6-8)19-2)12-10(13)11(17-14)15-7-16-12/h3-7H,14H2,1-2H3,(H,15,16,17). The van der Waals surface area contributed by atoms with Crippen molar-refractivity contribution < 1.29 is 4.74 Å². The van der Waals surface area contributed by atoms with Gasteiger partial charge in [-0.05, 0) is 28.1 Å². The number of anilines is 3. The molecule has 1 aromatic heterocycles. The van der Waals surface area contributed by atoms with Crippen LogP contribution in [0.5, 0.6) is 5.75 Å². The van der Waals surface area contributed by atoms with E-state index in [1.165, 1.54) is 6.33 Å². The average Bonchev–Trinajstić information content (AvgIpc) is 2.47. The first-order valence-electron chi connectivity index (χ1n) is 5.52. The minimum atomic E-state index is 0.528. The van der Waals surface area contributed by atoms with E-state index in [0.29, 0.717) is 16.1 Å². The van der Waals surface area contributed by atoms with Crippen LogP contribution in [0.1, 0.15) is 0 Å². The number of rotatable bonds is 4. The van der Waals surface area contributed by atoms with Crippen molar-refractivity contribution in [3.05, 3.63) is 35.1 Å². The number of hydrogen-bond acceptors (Lipinski definition) is 6. The molecule has 0 atom stereocenters. The predicted octanol–water partition coefficient (Wildman–Crippen LogP) is 2.30. The van der Waals surface area contributed by atoms with Crippen LogP contribution in [0.15, 0.2) is 35.1 Å². The molecule has 0 spiro atoms. The van der Waals surface area contributed by atoms with Crippen LogP contribution in [-0.4, -0.2) is 24.1 Å². The van der Waals surface area contributed by atoms with E-state index in [-0.39, 0.29) is 0 Å². The third-order valence-electron chi connectivity index (χ3n) is 2.67. The highest BCUT2D eigenvalue weighted by Gasteiger charge is 2.13. The number of nitrogens with one attached hydrogen (secondary N) is 1. The van der Waals surface area contributed by atoms with Crippen molar-refractivity contribution in [1.29, 1.82) is 0 Å². The number of ether oxygens (including phenoxy) is 1. The fourth-order valence-electron chi connectivity index (χ4n) is 1.64. The molecule has 0 bridgehead atoms. The van der Waals surface area contributed by atoms with E-state index in [2.05, 4.69) is 31.3 Å². The van der Waals surface area contributed by atoms with Crippen molar-refractivity contribution in [1.82, 2.24) is 9.97 Å². The Labute approximate surface area is 119 Å². The van der Waals surface area contributed by atoms with Gasteiger partial charge in [-0.3, -0.25) is 0 Å². The van der Waals surface area contributed by atoms with Gasteiger partial charge in [0.25, 0.3) is 0 Å². The second-order valence-corrected chi connectivity index (χ2v) is 4.56. The highest BCUT2D eigenvalue weighted by molar-refractivity contribution is 9.10. The highest BCUT2D eigenvalue weighted by Crippen LogP contribution is 2.33. The van der Waals surface area contributed by atoms with Gasteiger partial charge >= 0.3 is 0 Å². The summed E-state index contributed by atoms with van der Waals surface area (Å²) in [4.78, 5) is 10.2. The molecular formula is C12H14BrN5O. The Balaban J connectivity index is 2.40. The van der Waals surface area contributed by atoms with Crippen LogP contribution in [0.25, 0.3) is 0 Å². The molecule has 3 N–H and O–H groups in total. The molecule has 0 aliphatic carbocycles. The summed E-state index contributed by atoms with van der Waals surface area (Å²) in [5.41, 5.74) is 3.46. The van der Waals surface area contributed by atoms with Gasteiger partial charge in [-0.2, -0.15) is 0 Å². The Morgan fingerprint density at radius 1 is 1.37 bits per heavy atom. The molecule has 100 valence electrons. The number of aromatic nitrogens is 2. The van der Waals surface area contributed by atoms with E-state index in [4.69, 9.17) is 10.6 Å². The van der Waals surface area contributed by atoms with Gasteiger partial charge in [0, 0.05) is 18.8 Å². The molecule has 1 aromatic carbocycles. The largest absolute Gasteiger partial charge is 0.497 e. The van der Waals surface area contributed by atoms with Crippen molar-refractivity contribution >= 4 is 33.3 Å². The maximum atomic E-state index is 5.40. The fourth-order valence-corrected chi connectivity index (χ4v) is 2.22. The molecule has 6 nitrogen and oxygen atoms in total.